The summed E-state index contributed by atoms with van der Waals surface area (Å²) in [6.45, 7) is 14.6. The number of nitrogens with zero attached hydrogens (tertiary/aromatic N) is 2. The van der Waals surface area contributed by atoms with Crippen LogP contribution in [0.3, 0.4) is 0 Å². The van der Waals surface area contributed by atoms with Gasteiger partial charge >= 0.3 is 51.4 Å². The molecule has 15 heteroatoms. The van der Waals surface area contributed by atoms with Crippen LogP contribution in [0.15, 0.2) is 126 Å². The van der Waals surface area contributed by atoms with Gasteiger partial charge in [-0.1, -0.05) is 62.9 Å². The van der Waals surface area contributed by atoms with E-state index in [4.69, 9.17) is 0 Å². The van der Waals surface area contributed by atoms with Gasteiger partial charge in [-0.3, -0.25) is 9.59 Å². The van der Waals surface area contributed by atoms with E-state index in [1.807, 2.05) is 74.0 Å². The van der Waals surface area contributed by atoms with E-state index in [0.717, 1.165) is 44.9 Å². The fraction of sp³-hybridized carbons (Fsp3) is 0.298. The summed E-state index contributed by atoms with van der Waals surface area (Å²) in [7, 11) is -7.15. The molecular formula is C47H51KN4O8S2. The Hall–Kier alpha value is -4.03. The van der Waals surface area contributed by atoms with Gasteiger partial charge in [0.05, 0.1) is 20.4 Å². The van der Waals surface area contributed by atoms with Crippen molar-refractivity contribution in [1.29, 1.82) is 0 Å². The number of likely N-dealkylation sites (N-methyl/N-ethyl adjacent to an activating group) is 1. The molecule has 0 bridgehead atoms. The van der Waals surface area contributed by atoms with Crippen molar-refractivity contribution in [2.75, 3.05) is 37.3 Å². The molecule has 0 fully saturated rings. The van der Waals surface area contributed by atoms with Crippen molar-refractivity contribution in [1.82, 2.24) is 10.6 Å². The number of para-hydroxylation sites is 1. The number of anilines is 1. The molecule has 2 aliphatic heterocycles. The van der Waals surface area contributed by atoms with Gasteiger partial charge in [-0.2, -0.15) is 4.58 Å². The minimum Gasteiger partial charge on any atom is -0.748 e. The molecule has 0 aromatic heterocycles. The van der Waals surface area contributed by atoms with E-state index in [1.54, 1.807) is 31.2 Å². The summed E-state index contributed by atoms with van der Waals surface area (Å²) in [5.41, 5.74) is 7.31. The standard InChI is InChI=1S/C47H52N4O8S2.K/c1-31(2)44(52)48-26-10-27-49-45(53)34-16-14-32(15-17-34)33(19-24-41-46(3,4)38-12-8-9-13-39(38)50(41)7)20-25-42-47(5,6)43-37-22-21-36(61(57,58)59)30-35(37)18-23-40(43)51(42)28-11-29-60(54,55)56;/h8-9,12-25,30H,1,10-11,26-29H2,2-7H3,(H3-,48,49,52,53,54,55,56,57,58,59);/q;+1/p-1. The maximum Gasteiger partial charge on any atom is 1.00 e. The summed E-state index contributed by atoms with van der Waals surface area (Å²) in [5.74, 6) is -1.03. The van der Waals surface area contributed by atoms with Crippen LogP contribution in [0.25, 0.3) is 16.3 Å². The van der Waals surface area contributed by atoms with Crippen LogP contribution < -0.4 is 66.9 Å². The number of nitrogens with one attached hydrogen (secondary N) is 2. The van der Waals surface area contributed by atoms with Gasteiger partial charge in [0.15, 0.2) is 5.71 Å². The SMILES string of the molecule is C=C(C)C(=O)NCCCNC(=O)c1ccc(C(=C\C=C2/N(C)c3ccccc3C2(C)C)/C=C/C2=[N+](CCCS(=O)(=O)[O-])c3ccc4cc(S(=O)(=O)[O-])ccc4c3C2(C)C)cc1.[K+]. The van der Waals surface area contributed by atoms with E-state index >= 15 is 0 Å². The Bertz CT molecular complexity index is 2790. The monoisotopic (exact) mass is 902 g/mol. The Morgan fingerprint density at radius 2 is 1.52 bits per heavy atom. The summed E-state index contributed by atoms with van der Waals surface area (Å²) in [5, 5.41) is 6.95. The Balaban J connectivity index is 0.00000726. The predicted octanol–water partition coefficient (Wildman–Crippen LogP) is 3.82. The second kappa shape index (κ2) is 19.4. The van der Waals surface area contributed by atoms with Gasteiger partial charge in [-0.05, 0) is 103 Å². The Labute approximate surface area is 407 Å². The third kappa shape index (κ3) is 10.7. The third-order valence-corrected chi connectivity index (χ3v) is 13.1. The zero-order chi connectivity index (χ0) is 44.5. The fourth-order valence-electron chi connectivity index (χ4n) is 8.31. The summed E-state index contributed by atoms with van der Waals surface area (Å²) < 4.78 is 72.8. The van der Waals surface area contributed by atoms with Crippen molar-refractivity contribution in [3.8, 4) is 0 Å². The van der Waals surface area contributed by atoms with Gasteiger partial charge in [0.1, 0.15) is 16.7 Å². The zero-order valence-corrected chi connectivity index (χ0v) is 41.0. The number of hydrogen-bond donors (Lipinski definition) is 2. The van der Waals surface area contributed by atoms with E-state index in [1.165, 1.54) is 17.7 Å². The number of allylic oxidation sites excluding steroid dienone is 6. The van der Waals surface area contributed by atoms with Crippen LogP contribution in [-0.4, -0.2) is 80.5 Å². The van der Waals surface area contributed by atoms with Crippen LogP contribution in [0, 0.1) is 0 Å². The number of benzene rings is 4. The average Bonchev–Trinajstić information content (AvgIpc) is 3.53. The Kier molecular flexibility index (Phi) is 15.3. The van der Waals surface area contributed by atoms with Crippen LogP contribution in [0.5, 0.6) is 0 Å². The van der Waals surface area contributed by atoms with Crippen molar-refractivity contribution in [2.45, 2.75) is 63.2 Å². The van der Waals surface area contributed by atoms with Gasteiger partial charge in [0.25, 0.3) is 5.91 Å². The Morgan fingerprint density at radius 3 is 2.16 bits per heavy atom. The van der Waals surface area contributed by atoms with Crippen molar-refractivity contribution in [3.63, 3.8) is 0 Å². The minimum atomic E-state index is -4.70. The number of carbonyl (C=O) groups excluding carboxylic acids is 2. The molecule has 4 aromatic carbocycles. The molecule has 0 atom stereocenters. The second-order valence-corrected chi connectivity index (χ2v) is 19.4. The number of amides is 2. The van der Waals surface area contributed by atoms with Gasteiger partial charge < -0.3 is 24.6 Å². The van der Waals surface area contributed by atoms with E-state index in [-0.39, 0.29) is 86.5 Å². The van der Waals surface area contributed by atoms with Crippen LogP contribution in [0.2, 0.25) is 0 Å². The topological polar surface area (TPSA) is 179 Å². The van der Waals surface area contributed by atoms with Crippen molar-refractivity contribution in [3.05, 3.63) is 143 Å². The van der Waals surface area contributed by atoms with Crippen LogP contribution in [0.1, 0.15) is 74.5 Å². The number of hydrogen-bond acceptors (Lipinski definition) is 9. The second-order valence-electron chi connectivity index (χ2n) is 16.5. The predicted molar refractivity (Wildman–Crippen MR) is 238 cm³/mol. The maximum atomic E-state index is 13.1. The molecule has 2 N–H and O–H groups in total. The van der Waals surface area contributed by atoms with Crippen LogP contribution in [-0.2, 0) is 35.9 Å². The van der Waals surface area contributed by atoms with Crippen molar-refractivity contribution >= 4 is 65.5 Å². The van der Waals surface area contributed by atoms with E-state index in [9.17, 15) is 35.5 Å². The first kappa shape index (κ1) is 49.0. The fourth-order valence-corrected chi connectivity index (χ4v) is 9.30. The van der Waals surface area contributed by atoms with E-state index in [2.05, 4.69) is 54.2 Å². The largest absolute Gasteiger partial charge is 1.00 e. The van der Waals surface area contributed by atoms with Crippen LogP contribution in [0.4, 0.5) is 11.4 Å². The van der Waals surface area contributed by atoms with E-state index in [0.29, 0.717) is 36.0 Å². The third-order valence-electron chi connectivity index (χ3n) is 11.5. The normalized spacial score (nSPS) is 16.4. The number of fused-ring (bicyclic) bond motifs is 4. The maximum absolute atomic E-state index is 13.1. The molecule has 320 valence electrons. The minimum absolute atomic E-state index is 0. The number of rotatable bonds is 15. The van der Waals surface area contributed by atoms with Gasteiger partial charge in [0.2, 0.25) is 11.6 Å². The molecule has 0 spiro atoms. The molecule has 0 unspecified atom stereocenters. The summed E-state index contributed by atoms with van der Waals surface area (Å²) in [4.78, 5) is 26.7. The van der Waals surface area contributed by atoms with E-state index < -0.39 is 31.4 Å². The molecule has 2 amide bonds. The molecular weight excluding hydrogens is 852 g/mol. The molecule has 0 radical (unpaired) electrons. The number of carbonyl (C=O) groups is 2. The molecule has 4 aromatic rings. The molecule has 6 rings (SSSR count). The molecule has 0 saturated carbocycles. The van der Waals surface area contributed by atoms with Crippen molar-refractivity contribution < 1.29 is 91.5 Å². The first-order chi connectivity index (χ1) is 28.6. The molecule has 0 saturated heterocycles. The summed E-state index contributed by atoms with van der Waals surface area (Å²) in [6, 6.07) is 23.4. The summed E-state index contributed by atoms with van der Waals surface area (Å²) in [6.07, 6.45) is 8.70. The van der Waals surface area contributed by atoms with Gasteiger partial charge in [0, 0.05) is 78.0 Å². The molecule has 2 heterocycles. The molecule has 12 nitrogen and oxygen atoms in total. The van der Waals surface area contributed by atoms with Gasteiger partial charge in [-0.15, -0.1) is 0 Å². The molecule has 0 aliphatic carbocycles. The molecule has 62 heavy (non-hydrogen) atoms. The van der Waals surface area contributed by atoms with Crippen molar-refractivity contribution in [2.24, 2.45) is 0 Å². The smallest absolute Gasteiger partial charge is 0.748 e. The molecule has 2 aliphatic rings. The van der Waals surface area contributed by atoms with Crippen LogP contribution >= 0.6 is 0 Å². The average molecular weight is 903 g/mol. The van der Waals surface area contributed by atoms with Gasteiger partial charge in [-0.25, -0.2) is 16.8 Å². The summed E-state index contributed by atoms with van der Waals surface area (Å²) >= 11 is 0. The first-order valence-corrected chi connectivity index (χ1v) is 23.0. The quantitative estimate of drug-likeness (QED) is 0.0449. The first-order valence-electron chi connectivity index (χ1n) is 20.0. The zero-order valence-electron chi connectivity index (χ0n) is 36.2. The Morgan fingerprint density at radius 1 is 0.855 bits per heavy atom.